The molecule has 0 radical (unpaired) electrons. The summed E-state index contributed by atoms with van der Waals surface area (Å²) in [6.45, 7) is 11.3. The van der Waals surface area contributed by atoms with Crippen LogP contribution in [0.1, 0.15) is 19.3 Å². The van der Waals surface area contributed by atoms with Gasteiger partial charge < -0.3 is 19.9 Å². The first-order valence-corrected chi connectivity index (χ1v) is 6.81. The molecule has 0 aromatic rings. The zero-order chi connectivity index (χ0) is 14.4. The molecule has 0 fully saturated rings. The van der Waals surface area contributed by atoms with Crippen LogP contribution < -0.4 is 5.73 Å². The molecule has 0 heterocycles. The second kappa shape index (κ2) is 12.4. The molecule has 0 aliphatic heterocycles. The zero-order valence-corrected chi connectivity index (χ0v) is 12.2. The minimum Gasteiger partial charge on any atom is -0.382 e. The smallest absolute Gasteiger partial charge is 0.0701 e. The summed E-state index contributed by atoms with van der Waals surface area (Å²) in [5.41, 5.74) is 5.93. The molecule has 0 saturated heterocycles. The molecule has 0 aliphatic carbocycles. The van der Waals surface area contributed by atoms with Crippen LogP contribution in [0.3, 0.4) is 0 Å². The quantitative estimate of drug-likeness (QED) is 0.388. The molecule has 0 rings (SSSR count). The van der Waals surface area contributed by atoms with E-state index in [-0.39, 0.29) is 5.41 Å². The second-order valence-electron chi connectivity index (χ2n) is 4.66. The van der Waals surface area contributed by atoms with Crippen LogP contribution in [0.15, 0.2) is 25.3 Å². The Kier molecular flexibility index (Phi) is 11.9. The molecule has 0 aliphatic rings. The summed E-state index contributed by atoms with van der Waals surface area (Å²) in [6, 6.07) is 0. The lowest BCUT2D eigenvalue weighted by molar-refractivity contribution is 0.0171. The number of nitrogens with two attached hydrogens (primary N) is 1. The van der Waals surface area contributed by atoms with E-state index < -0.39 is 0 Å². The second-order valence-corrected chi connectivity index (χ2v) is 4.66. The third-order valence-electron chi connectivity index (χ3n) is 3.17. The first-order valence-electron chi connectivity index (χ1n) is 6.81. The maximum atomic E-state index is 5.89. The van der Waals surface area contributed by atoms with Crippen LogP contribution in [-0.2, 0) is 14.2 Å². The largest absolute Gasteiger partial charge is 0.382 e. The van der Waals surface area contributed by atoms with E-state index in [1.54, 1.807) is 7.11 Å². The SMILES string of the molecule is C=CCC(CN)(CC=C)CCOCCOCCOC. The fourth-order valence-corrected chi connectivity index (χ4v) is 1.92. The van der Waals surface area contributed by atoms with E-state index in [0.29, 0.717) is 39.6 Å². The third kappa shape index (κ3) is 8.94. The van der Waals surface area contributed by atoms with Crippen LogP contribution in [0.25, 0.3) is 0 Å². The van der Waals surface area contributed by atoms with Gasteiger partial charge >= 0.3 is 0 Å². The topological polar surface area (TPSA) is 53.7 Å². The lowest BCUT2D eigenvalue weighted by atomic mass is 9.78. The number of hydrogen-bond donors (Lipinski definition) is 1. The van der Waals surface area contributed by atoms with Crippen LogP contribution in [0.4, 0.5) is 0 Å². The Morgan fingerprint density at radius 3 is 1.95 bits per heavy atom. The van der Waals surface area contributed by atoms with Crippen molar-refractivity contribution in [3.05, 3.63) is 25.3 Å². The number of methoxy groups -OCH3 is 1. The van der Waals surface area contributed by atoms with Gasteiger partial charge in [0, 0.05) is 13.7 Å². The molecule has 0 bridgehead atoms. The van der Waals surface area contributed by atoms with Gasteiger partial charge in [0.15, 0.2) is 0 Å². The third-order valence-corrected chi connectivity index (χ3v) is 3.17. The number of allylic oxidation sites excluding steroid dienone is 2. The monoisotopic (exact) mass is 271 g/mol. The molecule has 19 heavy (non-hydrogen) atoms. The van der Waals surface area contributed by atoms with Gasteiger partial charge in [-0.25, -0.2) is 0 Å². The average molecular weight is 271 g/mol. The first-order chi connectivity index (χ1) is 9.24. The predicted molar refractivity (Wildman–Crippen MR) is 79.2 cm³/mol. The minimum absolute atomic E-state index is 0.0421. The fourth-order valence-electron chi connectivity index (χ4n) is 1.92. The number of ether oxygens (including phenoxy) is 3. The van der Waals surface area contributed by atoms with Gasteiger partial charge in [-0.15, -0.1) is 13.2 Å². The van der Waals surface area contributed by atoms with Gasteiger partial charge in [0.25, 0.3) is 0 Å². The van der Waals surface area contributed by atoms with Crippen molar-refractivity contribution in [1.82, 2.24) is 0 Å². The Morgan fingerprint density at radius 1 is 0.947 bits per heavy atom. The van der Waals surface area contributed by atoms with Crippen molar-refractivity contribution in [3.8, 4) is 0 Å². The van der Waals surface area contributed by atoms with E-state index in [2.05, 4.69) is 13.2 Å². The Bertz CT molecular complexity index is 221. The van der Waals surface area contributed by atoms with Gasteiger partial charge in [0.05, 0.1) is 26.4 Å². The van der Waals surface area contributed by atoms with E-state index in [1.807, 2.05) is 12.2 Å². The van der Waals surface area contributed by atoms with Gasteiger partial charge in [0.2, 0.25) is 0 Å². The van der Waals surface area contributed by atoms with Gasteiger partial charge in [-0.2, -0.15) is 0 Å². The average Bonchev–Trinajstić information content (AvgIpc) is 2.42. The molecule has 4 heteroatoms. The van der Waals surface area contributed by atoms with E-state index in [9.17, 15) is 0 Å². The molecular formula is C15H29NO3. The Hall–Kier alpha value is -0.680. The number of hydrogen-bond acceptors (Lipinski definition) is 4. The molecule has 2 N–H and O–H groups in total. The maximum Gasteiger partial charge on any atom is 0.0701 e. The molecule has 0 spiro atoms. The van der Waals surface area contributed by atoms with E-state index >= 15 is 0 Å². The highest BCUT2D eigenvalue weighted by atomic mass is 16.5. The molecule has 0 atom stereocenters. The summed E-state index contributed by atoms with van der Waals surface area (Å²) in [5.74, 6) is 0. The molecule has 112 valence electrons. The predicted octanol–water partition coefficient (Wildman–Crippen LogP) is 2.15. The van der Waals surface area contributed by atoms with Crippen LogP contribution in [0.5, 0.6) is 0 Å². The van der Waals surface area contributed by atoms with Crippen LogP contribution in [0, 0.1) is 5.41 Å². The van der Waals surface area contributed by atoms with Crippen molar-refractivity contribution in [2.24, 2.45) is 11.1 Å². The molecule has 0 aromatic heterocycles. The van der Waals surface area contributed by atoms with E-state index in [4.69, 9.17) is 19.9 Å². The normalized spacial score (nSPS) is 11.5. The van der Waals surface area contributed by atoms with Crippen molar-refractivity contribution in [2.75, 3.05) is 46.7 Å². The minimum atomic E-state index is 0.0421. The van der Waals surface area contributed by atoms with Gasteiger partial charge in [-0.1, -0.05) is 12.2 Å². The summed E-state index contributed by atoms with van der Waals surface area (Å²) < 4.78 is 15.8. The molecule has 4 nitrogen and oxygen atoms in total. The summed E-state index contributed by atoms with van der Waals surface area (Å²) in [4.78, 5) is 0. The molecule has 0 unspecified atom stereocenters. The van der Waals surface area contributed by atoms with Crippen LogP contribution in [0.2, 0.25) is 0 Å². The summed E-state index contributed by atoms with van der Waals surface area (Å²) in [6.07, 6.45) is 6.54. The standard InChI is InChI=1S/C15H29NO3/c1-4-6-15(14-16,7-5-2)8-9-18-12-13-19-11-10-17-3/h4-5H,1-2,6-14,16H2,3H3. The van der Waals surface area contributed by atoms with Crippen molar-refractivity contribution in [1.29, 1.82) is 0 Å². The highest BCUT2D eigenvalue weighted by Gasteiger charge is 2.25. The first kappa shape index (κ1) is 18.3. The molecular weight excluding hydrogens is 242 g/mol. The highest BCUT2D eigenvalue weighted by Crippen LogP contribution is 2.30. The van der Waals surface area contributed by atoms with E-state index in [1.165, 1.54) is 0 Å². The highest BCUT2D eigenvalue weighted by molar-refractivity contribution is 4.92. The Morgan fingerprint density at radius 2 is 1.47 bits per heavy atom. The van der Waals surface area contributed by atoms with Gasteiger partial charge in [-0.05, 0) is 31.2 Å². The van der Waals surface area contributed by atoms with Crippen LogP contribution >= 0.6 is 0 Å². The Balaban J connectivity index is 3.74. The maximum absolute atomic E-state index is 5.89. The van der Waals surface area contributed by atoms with Gasteiger partial charge in [-0.3, -0.25) is 0 Å². The molecule has 0 amide bonds. The fraction of sp³-hybridized carbons (Fsp3) is 0.733. The van der Waals surface area contributed by atoms with Gasteiger partial charge in [0.1, 0.15) is 0 Å². The van der Waals surface area contributed by atoms with Crippen molar-refractivity contribution in [2.45, 2.75) is 19.3 Å². The van der Waals surface area contributed by atoms with E-state index in [0.717, 1.165) is 19.3 Å². The summed E-state index contributed by atoms with van der Waals surface area (Å²) >= 11 is 0. The van der Waals surface area contributed by atoms with Crippen molar-refractivity contribution >= 4 is 0 Å². The number of rotatable bonds is 14. The van der Waals surface area contributed by atoms with Crippen molar-refractivity contribution < 1.29 is 14.2 Å². The molecule has 0 saturated carbocycles. The lowest BCUT2D eigenvalue weighted by Crippen LogP contribution is -2.31. The van der Waals surface area contributed by atoms with Crippen molar-refractivity contribution in [3.63, 3.8) is 0 Å². The van der Waals surface area contributed by atoms with Crippen LogP contribution in [-0.4, -0.2) is 46.7 Å². The lowest BCUT2D eigenvalue weighted by Gasteiger charge is -2.30. The zero-order valence-electron chi connectivity index (χ0n) is 12.2. The Labute approximate surface area is 117 Å². The molecule has 0 aromatic carbocycles. The summed E-state index contributed by atoms with van der Waals surface area (Å²) in [5, 5.41) is 0. The summed E-state index contributed by atoms with van der Waals surface area (Å²) in [7, 11) is 1.66.